The molecule has 0 amide bonds. The highest BCUT2D eigenvalue weighted by molar-refractivity contribution is 7.89. The Kier molecular flexibility index (Phi) is 3.47. The lowest BCUT2D eigenvalue weighted by molar-refractivity contribution is 0.285. The number of H-pyrrole nitrogens is 1. The van der Waals surface area contributed by atoms with E-state index in [1.54, 1.807) is 6.92 Å². The van der Waals surface area contributed by atoms with Crippen LogP contribution in [0.25, 0.3) is 0 Å². The molecule has 0 bridgehead atoms. The second kappa shape index (κ2) is 4.59. The van der Waals surface area contributed by atoms with Gasteiger partial charge in [0.2, 0.25) is 0 Å². The average Bonchev–Trinajstić information content (AvgIpc) is 2.69. The largest absolute Gasteiger partial charge is 0.332 e. The number of piperidine rings is 1. The standard InChI is InChI=1S/C10H16ClN3O2S/c1-7-6-14(4-3-9(7)11)17(15,16)10-5-12-8(2)13-10/h5,7,9H,3-4,6H2,1-2H3,(H,12,13). The highest BCUT2D eigenvalue weighted by Gasteiger charge is 2.33. The van der Waals surface area contributed by atoms with E-state index in [0.29, 0.717) is 25.3 Å². The second-order valence-electron chi connectivity index (χ2n) is 4.48. The Labute approximate surface area is 106 Å². The number of rotatable bonds is 2. The number of hydrogen-bond donors (Lipinski definition) is 1. The maximum absolute atomic E-state index is 12.3. The zero-order valence-electron chi connectivity index (χ0n) is 9.85. The first-order chi connectivity index (χ1) is 7.91. The first-order valence-corrected chi connectivity index (χ1v) is 7.44. The lowest BCUT2D eigenvalue weighted by Crippen LogP contribution is -2.43. The van der Waals surface area contributed by atoms with Crippen molar-refractivity contribution in [3.63, 3.8) is 0 Å². The Bertz CT molecular complexity index is 499. The SMILES string of the molecule is Cc1ncc(S(=O)(=O)N2CCC(Cl)C(C)C2)[nH]1. The van der Waals surface area contributed by atoms with Crippen molar-refractivity contribution in [3.05, 3.63) is 12.0 Å². The summed E-state index contributed by atoms with van der Waals surface area (Å²) < 4.78 is 26.0. The topological polar surface area (TPSA) is 66.1 Å². The summed E-state index contributed by atoms with van der Waals surface area (Å²) in [5, 5.41) is 0.222. The molecule has 1 N–H and O–H groups in total. The fourth-order valence-corrected chi connectivity index (χ4v) is 3.66. The van der Waals surface area contributed by atoms with Crippen molar-refractivity contribution in [1.29, 1.82) is 0 Å². The number of aromatic amines is 1. The number of aromatic nitrogens is 2. The molecular formula is C10H16ClN3O2S. The summed E-state index contributed by atoms with van der Waals surface area (Å²) in [4.78, 5) is 6.69. The van der Waals surface area contributed by atoms with E-state index in [-0.39, 0.29) is 16.3 Å². The summed E-state index contributed by atoms with van der Waals surface area (Å²) in [5.74, 6) is 0.771. The Morgan fingerprint density at radius 1 is 1.59 bits per heavy atom. The molecule has 1 aliphatic rings. The Hall–Kier alpha value is -0.590. The van der Waals surface area contributed by atoms with E-state index in [2.05, 4.69) is 9.97 Å². The number of nitrogens with zero attached hydrogens (tertiary/aromatic N) is 2. The van der Waals surface area contributed by atoms with Crippen molar-refractivity contribution < 1.29 is 8.42 Å². The fraction of sp³-hybridized carbons (Fsp3) is 0.700. The molecule has 2 rings (SSSR count). The van der Waals surface area contributed by atoms with Gasteiger partial charge in [0.25, 0.3) is 10.0 Å². The highest BCUT2D eigenvalue weighted by Crippen LogP contribution is 2.25. The zero-order chi connectivity index (χ0) is 12.6. The normalized spacial score (nSPS) is 27.2. The molecule has 1 saturated heterocycles. The van der Waals surface area contributed by atoms with Crippen molar-refractivity contribution in [2.75, 3.05) is 13.1 Å². The van der Waals surface area contributed by atoms with Crippen LogP contribution in [0.1, 0.15) is 19.2 Å². The minimum atomic E-state index is -3.44. The summed E-state index contributed by atoms with van der Waals surface area (Å²) in [6.07, 6.45) is 2.05. The van der Waals surface area contributed by atoms with Gasteiger partial charge in [-0.1, -0.05) is 6.92 Å². The van der Waals surface area contributed by atoms with Gasteiger partial charge in [-0.2, -0.15) is 4.31 Å². The molecule has 96 valence electrons. The highest BCUT2D eigenvalue weighted by atomic mass is 35.5. The lowest BCUT2D eigenvalue weighted by atomic mass is 10.0. The van der Waals surface area contributed by atoms with Gasteiger partial charge in [0.15, 0.2) is 5.03 Å². The van der Waals surface area contributed by atoms with Crippen LogP contribution < -0.4 is 0 Å². The third kappa shape index (κ3) is 2.48. The van der Waals surface area contributed by atoms with Crippen molar-refractivity contribution in [1.82, 2.24) is 14.3 Å². The molecule has 2 atom stereocenters. The molecule has 5 nitrogen and oxygen atoms in total. The molecule has 1 aromatic rings. The van der Waals surface area contributed by atoms with Gasteiger partial charge < -0.3 is 4.98 Å². The van der Waals surface area contributed by atoms with Gasteiger partial charge >= 0.3 is 0 Å². The van der Waals surface area contributed by atoms with Crippen LogP contribution in [0.2, 0.25) is 0 Å². The van der Waals surface area contributed by atoms with Crippen LogP contribution in [0.5, 0.6) is 0 Å². The first-order valence-electron chi connectivity index (χ1n) is 5.57. The van der Waals surface area contributed by atoms with Gasteiger partial charge in [-0.05, 0) is 19.3 Å². The number of alkyl halides is 1. The minimum Gasteiger partial charge on any atom is -0.332 e. The van der Waals surface area contributed by atoms with Crippen LogP contribution in [0, 0.1) is 12.8 Å². The van der Waals surface area contributed by atoms with Crippen LogP contribution in [0.15, 0.2) is 11.2 Å². The molecule has 7 heteroatoms. The van der Waals surface area contributed by atoms with E-state index in [1.807, 2.05) is 6.92 Å². The van der Waals surface area contributed by atoms with Crippen molar-refractivity contribution in [2.45, 2.75) is 30.7 Å². The van der Waals surface area contributed by atoms with Gasteiger partial charge in [-0.25, -0.2) is 13.4 Å². The third-order valence-corrected chi connectivity index (χ3v) is 5.48. The van der Waals surface area contributed by atoms with E-state index in [4.69, 9.17) is 11.6 Å². The van der Waals surface area contributed by atoms with Gasteiger partial charge in [0.1, 0.15) is 5.82 Å². The molecule has 2 heterocycles. The molecular weight excluding hydrogens is 262 g/mol. The summed E-state index contributed by atoms with van der Waals surface area (Å²) in [6, 6.07) is 0. The van der Waals surface area contributed by atoms with Crippen LogP contribution in [-0.2, 0) is 10.0 Å². The monoisotopic (exact) mass is 277 g/mol. The second-order valence-corrected chi connectivity index (χ2v) is 6.94. The van der Waals surface area contributed by atoms with E-state index in [1.165, 1.54) is 10.5 Å². The zero-order valence-corrected chi connectivity index (χ0v) is 11.4. The number of halogens is 1. The van der Waals surface area contributed by atoms with E-state index >= 15 is 0 Å². The summed E-state index contributed by atoms with van der Waals surface area (Å²) in [6.45, 7) is 4.64. The van der Waals surface area contributed by atoms with E-state index < -0.39 is 10.0 Å². The molecule has 0 saturated carbocycles. The summed E-state index contributed by atoms with van der Waals surface area (Å²) >= 11 is 6.09. The number of imidazole rings is 1. The number of hydrogen-bond acceptors (Lipinski definition) is 3. The number of sulfonamides is 1. The molecule has 1 aliphatic heterocycles. The molecule has 0 aliphatic carbocycles. The van der Waals surface area contributed by atoms with Crippen LogP contribution >= 0.6 is 11.6 Å². The Morgan fingerprint density at radius 3 is 2.82 bits per heavy atom. The third-order valence-electron chi connectivity index (χ3n) is 3.06. The van der Waals surface area contributed by atoms with Crippen LogP contribution in [0.4, 0.5) is 0 Å². The molecule has 2 unspecified atom stereocenters. The maximum atomic E-state index is 12.3. The number of aryl methyl sites for hydroxylation is 1. The molecule has 0 radical (unpaired) electrons. The van der Waals surface area contributed by atoms with Gasteiger partial charge in [0, 0.05) is 18.5 Å². The summed E-state index contributed by atoms with van der Waals surface area (Å²) in [5.41, 5.74) is 0. The predicted molar refractivity (Wildman–Crippen MR) is 65.5 cm³/mol. The van der Waals surface area contributed by atoms with Crippen molar-refractivity contribution in [2.24, 2.45) is 5.92 Å². The van der Waals surface area contributed by atoms with Crippen LogP contribution in [0.3, 0.4) is 0 Å². The number of nitrogens with one attached hydrogen (secondary N) is 1. The molecule has 1 aromatic heterocycles. The minimum absolute atomic E-state index is 0.0601. The lowest BCUT2D eigenvalue weighted by Gasteiger charge is -2.32. The molecule has 0 aromatic carbocycles. The first kappa shape index (κ1) is 12.9. The van der Waals surface area contributed by atoms with Crippen molar-refractivity contribution >= 4 is 21.6 Å². The van der Waals surface area contributed by atoms with Gasteiger partial charge in [-0.3, -0.25) is 0 Å². The van der Waals surface area contributed by atoms with Crippen LogP contribution in [-0.4, -0.2) is 41.2 Å². The van der Waals surface area contributed by atoms with E-state index in [0.717, 1.165) is 0 Å². The molecule has 0 spiro atoms. The quantitative estimate of drug-likeness (QED) is 0.830. The predicted octanol–water partition coefficient (Wildman–Crippen LogP) is 1.36. The Balaban J connectivity index is 2.22. The maximum Gasteiger partial charge on any atom is 0.260 e. The summed E-state index contributed by atoms with van der Waals surface area (Å²) in [7, 11) is -3.44. The smallest absolute Gasteiger partial charge is 0.260 e. The molecule has 17 heavy (non-hydrogen) atoms. The Morgan fingerprint density at radius 2 is 2.29 bits per heavy atom. The van der Waals surface area contributed by atoms with Gasteiger partial charge in [0.05, 0.1) is 6.20 Å². The van der Waals surface area contributed by atoms with Crippen molar-refractivity contribution in [3.8, 4) is 0 Å². The average molecular weight is 278 g/mol. The van der Waals surface area contributed by atoms with E-state index in [9.17, 15) is 8.42 Å². The fourth-order valence-electron chi connectivity index (χ4n) is 1.97. The van der Waals surface area contributed by atoms with Gasteiger partial charge in [-0.15, -0.1) is 11.6 Å². The molecule has 1 fully saturated rings.